The van der Waals surface area contributed by atoms with Crippen molar-refractivity contribution in [3.8, 4) is 28.3 Å². The van der Waals surface area contributed by atoms with Crippen molar-refractivity contribution >= 4 is 22.6 Å². The summed E-state index contributed by atoms with van der Waals surface area (Å²) in [5.41, 5.74) is 4.57. The summed E-state index contributed by atoms with van der Waals surface area (Å²) < 4.78 is 20.9. The monoisotopic (exact) mass is 390 g/mol. The second-order valence-electron chi connectivity index (χ2n) is 6.20. The lowest BCUT2D eigenvalue weighted by Crippen LogP contribution is -1.95. The zero-order chi connectivity index (χ0) is 19.1. The molecule has 5 nitrogen and oxygen atoms in total. The zero-order valence-electron chi connectivity index (χ0n) is 14.4. The molecule has 28 heavy (non-hydrogen) atoms. The summed E-state index contributed by atoms with van der Waals surface area (Å²) in [5, 5.41) is 8.51. The highest BCUT2D eigenvalue weighted by Gasteiger charge is 2.16. The minimum Gasteiger partial charge on any atom is -0.443 e. The third-order valence-corrected chi connectivity index (χ3v) is 4.76. The molecule has 0 saturated heterocycles. The Morgan fingerprint density at radius 3 is 2.57 bits per heavy atom. The predicted octanol–water partition coefficient (Wildman–Crippen LogP) is 5.54. The topological polar surface area (TPSA) is 56.7 Å². The van der Waals surface area contributed by atoms with Crippen LogP contribution in [-0.4, -0.2) is 20.0 Å². The molecule has 0 aliphatic rings. The Bertz CT molecular complexity index is 1300. The summed E-state index contributed by atoms with van der Waals surface area (Å²) in [7, 11) is 0. The van der Waals surface area contributed by atoms with Crippen molar-refractivity contribution < 1.29 is 8.81 Å². The summed E-state index contributed by atoms with van der Waals surface area (Å²) in [5.74, 6) is 0.0834. The lowest BCUT2D eigenvalue weighted by Gasteiger charge is -2.05. The highest BCUT2D eigenvalue weighted by molar-refractivity contribution is 6.31. The van der Waals surface area contributed by atoms with Crippen molar-refractivity contribution in [3.05, 3.63) is 84.0 Å². The average Bonchev–Trinajstić information content (AvgIpc) is 3.37. The first-order chi connectivity index (χ1) is 13.7. The number of hydrogen-bond donors (Lipinski definition) is 0. The number of rotatable bonds is 3. The molecule has 0 fully saturated rings. The van der Waals surface area contributed by atoms with Crippen LogP contribution in [0.4, 0.5) is 4.39 Å². The van der Waals surface area contributed by atoms with Crippen LogP contribution in [0.5, 0.6) is 0 Å². The van der Waals surface area contributed by atoms with Gasteiger partial charge in [0.25, 0.3) is 0 Å². The minimum absolute atomic E-state index is 0.0354. The van der Waals surface area contributed by atoms with Gasteiger partial charge in [-0.3, -0.25) is 0 Å². The van der Waals surface area contributed by atoms with Crippen LogP contribution in [0.25, 0.3) is 39.3 Å². The molecule has 0 saturated carbocycles. The fraction of sp³-hybridized carbons (Fsp3) is 0. The molecule has 2 heterocycles. The third-order valence-electron chi connectivity index (χ3n) is 4.47. The molecule has 0 aliphatic heterocycles. The summed E-state index contributed by atoms with van der Waals surface area (Å²) in [4.78, 5) is 4.30. The SMILES string of the molecule is Fc1ccc(-c2ncoc2-c2ccc3nnn(-c4ccccc4)c3c2)cc1Cl. The maximum atomic E-state index is 13.5. The Balaban J connectivity index is 1.65. The molecule has 0 spiro atoms. The molecule has 5 aromatic rings. The van der Waals surface area contributed by atoms with Crippen LogP contribution in [0.15, 0.2) is 77.5 Å². The van der Waals surface area contributed by atoms with Crippen LogP contribution in [0.1, 0.15) is 0 Å². The average molecular weight is 391 g/mol. The molecule has 3 aromatic carbocycles. The number of fused-ring (bicyclic) bond motifs is 1. The molecular weight excluding hydrogens is 379 g/mol. The van der Waals surface area contributed by atoms with Gasteiger partial charge in [0.1, 0.15) is 17.0 Å². The normalized spacial score (nSPS) is 11.2. The van der Waals surface area contributed by atoms with Gasteiger partial charge in [-0.15, -0.1) is 5.10 Å². The molecule has 0 radical (unpaired) electrons. The van der Waals surface area contributed by atoms with Crippen LogP contribution in [0, 0.1) is 5.82 Å². The van der Waals surface area contributed by atoms with Gasteiger partial charge >= 0.3 is 0 Å². The van der Waals surface area contributed by atoms with E-state index < -0.39 is 5.82 Å². The van der Waals surface area contributed by atoms with Crippen LogP contribution in [-0.2, 0) is 0 Å². The van der Waals surface area contributed by atoms with E-state index in [1.807, 2.05) is 48.5 Å². The van der Waals surface area contributed by atoms with Gasteiger partial charge in [0, 0.05) is 11.1 Å². The van der Waals surface area contributed by atoms with Gasteiger partial charge < -0.3 is 4.42 Å². The van der Waals surface area contributed by atoms with Gasteiger partial charge in [-0.05, 0) is 48.5 Å². The van der Waals surface area contributed by atoms with E-state index in [4.69, 9.17) is 16.0 Å². The lowest BCUT2D eigenvalue weighted by molar-refractivity contribution is 0.572. The van der Waals surface area contributed by atoms with E-state index in [0.29, 0.717) is 17.0 Å². The van der Waals surface area contributed by atoms with Crippen LogP contribution in [0.3, 0.4) is 0 Å². The zero-order valence-corrected chi connectivity index (χ0v) is 15.1. The minimum atomic E-state index is -0.477. The summed E-state index contributed by atoms with van der Waals surface area (Å²) in [6, 6.07) is 19.9. The Morgan fingerprint density at radius 2 is 1.75 bits per heavy atom. The quantitative estimate of drug-likeness (QED) is 0.406. The van der Waals surface area contributed by atoms with Crippen molar-refractivity contribution in [1.29, 1.82) is 0 Å². The predicted molar refractivity (Wildman–Crippen MR) is 105 cm³/mol. The standard InChI is InChI=1S/C21H12ClFN4O/c22-16-10-13(6-8-17(16)23)20-21(28-12-24-20)14-7-9-18-19(11-14)27(26-25-18)15-4-2-1-3-5-15/h1-12H. The van der Waals surface area contributed by atoms with Gasteiger partial charge in [-0.1, -0.05) is 35.0 Å². The second kappa shape index (κ2) is 6.58. The number of benzene rings is 3. The van der Waals surface area contributed by atoms with Gasteiger partial charge in [-0.25, -0.2) is 14.1 Å². The van der Waals surface area contributed by atoms with Crippen molar-refractivity contribution in [2.75, 3.05) is 0 Å². The molecule has 0 bridgehead atoms. The fourth-order valence-electron chi connectivity index (χ4n) is 3.12. The van der Waals surface area contributed by atoms with Gasteiger partial charge in [0.15, 0.2) is 12.2 Å². The summed E-state index contributed by atoms with van der Waals surface area (Å²) >= 11 is 5.93. The van der Waals surface area contributed by atoms with E-state index in [2.05, 4.69) is 15.3 Å². The summed E-state index contributed by atoms with van der Waals surface area (Å²) in [6.07, 6.45) is 1.36. The Morgan fingerprint density at radius 1 is 0.929 bits per heavy atom. The number of oxazole rings is 1. The maximum Gasteiger partial charge on any atom is 0.182 e. The molecule has 0 unspecified atom stereocenters. The number of hydrogen-bond acceptors (Lipinski definition) is 4. The van der Waals surface area contributed by atoms with Crippen LogP contribution < -0.4 is 0 Å². The van der Waals surface area contributed by atoms with Gasteiger partial charge in [-0.2, -0.15) is 0 Å². The largest absolute Gasteiger partial charge is 0.443 e. The van der Waals surface area contributed by atoms with Crippen molar-refractivity contribution in [1.82, 2.24) is 20.0 Å². The number of halogens is 2. The maximum absolute atomic E-state index is 13.5. The molecule has 0 atom stereocenters. The highest BCUT2D eigenvalue weighted by atomic mass is 35.5. The van der Waals surface area contributed by atoms with Crippen molar-refractivity contribution in [2.45, 2.75) is 0 Å². The van der Waals surface area contributed by atoms with Crippen LogP contribution in [0.2, 0.25) is 5.02 Å². The molecule has 7 heteroatoms. The molecular formula is C21H12ClFN4O. The molecule has 0 amide bonds. The Hall–Kier alpha value is -3.51. The molecule has 0 aliphatic carbocycles. The second-order valence-corrected chi connectivity index (χ2v) is 6.61. The molecule has 0 N–H and O–H groups in total. The first kappa shape index (κ1) is 16.6. The molecule has 136 valence electrons. The van der Waals surface area contributed by atoms with E-state index in [9.17, 15) is 4.39 Å². The molecule has 5 rings (SSSR count). The third kappa shape index (κ3) is 2.75. The van der Waals surface area contributed by atoms with E-state index in [1.165, 1.54) is 18.5 Å². The van der Waals surface area contributed by atoms with Crippen molar-refractivity contribution in [3.63, 3.8) is 0 Å². The van der Waals surface area contributed by atoms with E-state index in [1.54, 1.807) is 10.7 Å². The van der Waals surface area contributed by atoms with Gasteiger partial charge in [0.2, 0.25) is 0 Å². The number of aromatic nitrogens is 4. The highest BCUT2D eigenvalue weighted by Crippen LogP contribution is 2.34. The van der Waals surface area contributed by atoms with E-state index >= 15 is 0 Å². The van der Waals surface area contributed by atoms with E-state index in [0.717, 1.165) is 22.3 Å². The molecule has 2 aromatic heterocycles. The lowest BCUT2D eigenvalue weighted by atomic mass is 10.1. The summed E-state index contributed by atoms with van der Waals surface area (Å²) in [6.45, 7) is 0. The number of para-hydroxylation sites is 1. The van der Waals surface area contributed by atoms with E-state index in [-0.39, 0.29) is 5.02 Å². The van der Waals surface area contributed by atoms with Crippen molar-refractivity contribution in [2.24, 2.45) is 0 Å². The van der Waals surface area contributed by atoms with Gasteiger partial charge in [0.05, 0.1) is 16.2 Å². The smallest absolute Gasteiger partial charge is 0.182 e. The Kier molecular flexibility index (Phi) is 3.91. The van der Waals surface area contributed by atoms with Crippen LogP contribution >= 0.6 is 11.6 Å². The first-order valence-electron chi connectivity index (χ1n) is 8.51. The first-order valence-corrected chi connectivity index (χ1v) is 8.89. The number of nitrogens with zero attached hydrogens (tertiary/aromatic N) is 4. The fourth-order valence-corrected chi connectivity index (χ4v) is 3.30. The Labute approximate surface area is 164 Å².